The Bertz CT molecular complexity index is 974. The maximum atomic E-state index is 12.8. The third-order valence-corrected chi connectivity index (χ3v) is 5.21. The molecule has 0 bridgehead atoms. The second-order valence-electron chi connectivity index (χ2n) is 5.85. The van der Waals surface area contributed by atoms with Crippen molar-refractivity contribution in [3.63, 3.8) is 0 Å². The lowest BCUT2D eigenvalue weighted by Crippen LogP contribution is -2.33. The van der Waals surface area contributed by atoms with Gasteiger partial charge < -0.3 is 5.32 Å². The van der Waals surface area contributed by atoms with E-state index in [9.17, 15) is 9.59 Å². The Labute approximate surface area is 146 Å². The topological polar surface area (TPSA) is 64.0 Å². The molecule has 5 nitrogen and oxygen atoms in total. The number of nitrogens with one attached hydrogen (secondary N) is 1. The molecule has 0 saturated heterocycles. The van der Waals surface area contributed by atoms with E-state index in [1.165, 1.54) is 22.2 Å². The molecule has 1 aliphatic carbocycles. The first-order chi connectivity index (χ1) is 11.6. The van der Waals surface area contributed by atoms with Crippen LogP contribution in [0, 0.1) is 0 Å². The molecule has 0 radical (unpaired) electrons. The Hall–Kier alpha value is -2.18. The highest BCUT2D eigenvalue weighted by molar-refractivity contribution is 7.15. The van der Waals surface area contributed by atoms with Gasteiger partial charge in [-0.1, -0.05) is 23.7 Å². The van der Waals surface area contributed by atoms with Crippen LogP contribution in [0.1, 0.15) is 12.8 Å². The first kappa shape index (κ1) is 15.4. The van der Waals surface area contributed by atoms with Crippen LogP contribution in [0.5, 0.6) is 0 Å². The van der Waals surface area contributed by atoms with Gasteiger partial charge in [0.25, 0.3) is 5.56 Å². The van der Waals surface area contributed by atoms with E-state index in [-0.39, 0.29) is 24.1 Å². The van der Waals surface area contributed by atoms with Crippen LogP contribution >= 0.6 is 22.9 Å². The molecule has 0 atom stereocenters. The summed E-state index contributed by atoms with van der Waals surface area (Å²) < 4.78 is 1.37. The second-order valence-corrected chi connectivity index (χ2v) is 7.17. The first-order valence-corrected chi connectivity index (χ1v) is 8.89. The van der Waals surface area contributed by atoms with Gasteiger partial charge in [0.15, 0.2) is 0 Å². The minimum atomic E-state index is -0.197. The molecular formula is C17H14ClN3O2S. The van der Waals surface area contributed by atoms with Gasteiger partial charge in [-0.25, -0.2) is 4.98 Å². The predicted molar refractivity (Wildman–Crippen MR) is 95.5 cm³/mol. The maximum Gasteiger partial charge on any atom is 0.263 e. The van der Waals surface area contributed by atoms with Gasteiger partial charge in [0.05, 0.1) is 17.2 Å². The van der Waals surface area contributed by atoms with E-state index in [1.807, 2.05) is 17.5 Å². The summed E-state index contributed by atoms with van der Waals surface area (Å²) >= 11 is 7.40. The van der Waals surface area contributed by atoms with Gasteiger partial charge in [-0.2, -0.15) is 0 Å². The second kappa shape index (κ2) is 6.03. The Morgan fingerprint density at radius 3 is 2.79 bits per heavy atom. The van der Waals surface area contributed by atoms with E-state index in [0.29, 0.717) is 15.9 Å². The number of amides is 1. The number of hydrogen-bond donors (Lipinski definition) is 1. The summed E-state index contributed by atoms with van der Waals surface area (Å²) in [6, 6.07) is 7.62. The number of carbonyl (C=O) groups is 1. The fourth-order valence-corrected chi connectivity index (χ4v) is 3.68. The quantitative estimate of drug-likeness (QED) is 0.778. The zero-order valence-electron chi connectivity index (χ0n) is 12.7. The Balaban J connectivity index is 1.74. The molecule has 2 heterocycles. The van der Waals surface area contributed by atoms with Crippen LogP contribution in [0.2, 0.25) is 5.02 Å². The summed E-state index contributed by atoms with van der Waals surface area (Å²) in [5, 5.41) is 5.93. The van der Waals surface area contributed by atoms with Crippen LogP contribution in [0.3, 0.4) is 0 Å². The third kappa shape index (κ3) is 2.95. The number of hydrogen-bond acceptors (Lipinski definition) is 4. The summed E-state index contributed by atoms with van der Waals surface area (Å²) in [4.78, 5) is 29.9. The van der Waals surface area contributed by atoms with Crippen LogP contribution in [0.25, 0.3) is 21.3 Å². The van der Waals surface area contributed by atoms with E-state index in [1.54, 1.807) is 12.1 Å². The van der Waals surface area contributed by atoms with E-state index in [4.69, 9.17) is 11.6 Å². The number of rotatable bonds is 4. The standard InChI is InChI=1S/C17H14ClN3O2S/c18-11-3-1-10(2-4-11)16-15-13(8-24-16)19-9-21(17(15)23)7-14(22)20-12-5-6-12/h1-4,8-9,12H,5-7H2,(H,20,22). The van der Waals surface area contributed by atoms with E-state index < -0.39 is 0 Å². The highest BCUT2D eigenvalue weighted by Crippen LogP contribution is 2.32. The van der Waals surface area contributed by atoms with Crippen LogP contribution in [-0.2, 0) is 11.3 Å². The Morgan fingerprint density at radius 1 is 1.33 bits per heavy atom. The zero-order chi connectivity index (χ0) is 16.7. The molecule has 0 unspecified atom stereocenters. The minimum Gasteiger partial charge on any atom is -0.352 e. The Kier molecular flexibility index (Phi) is 3.86. The fraction of sp³-hybridized carbons (Fsp3) is 0.235. The van der Waals surface area contributed by atoms with E-state index in [0.717, 1.165) is 23.3 Å². The van der Waals surface area contributed by atoms with Crippen molar-refractivity contribution in [1.29, 1.82) is 0 Å². The van der Waals surface area contributed by atoms with Crippen LogP contribution in [0.4, 0.5) is 0 Å². The molecule has 0 aliphatic heterocycles. The molecule has 0 spiro atoms. The Morgan fingerprint density at radius 2 is 2.08 bits per heavy atom. The van der Waals surface area contributed by atoms with Gasteiger partial charge >= 0.3 is 0 Å². The highest BCUT2D eigenvalue weighted by atomic mass is 35.5. The molecule has 1 saturated carbocycles. The summed E-state index contributed by atoms with van der Waals surface area (Å²) in [6.45, 7) is -0.00578. The molecule has 2 aromatic heterocycles. The number of benzene rings is 1. The molecule has 122 valence electrons. The molecule has 3 aromatic rings. The smallest absolute Gasteiger partial charge is 0.263 e. The lowest BCUT2D eigenvalue weighted by atomic mass is 10.1. The van der Waals surface area contributed by atoms with Crippen molar-refractivity contribution in [2.75, 3.05) is 0 Å². The van der Waals surface area contributed by atoms with Crippen molar-refractivity contribution < 1.29 is 4.79 Å². The van der Waals surface area contributed by atoms with Crippen LogP contribution in [-0.4, -0.2) is 21.5 Å². The first-order valence-electron chi connectivity index (χ1n) is 7.64. The average Bonchev–Trinajstić information content (AvgIpc) is 3.26. The zero-order valence-corrected chi connectivity index (χ0v) is 14.2. The average molecular weight is 360 g/mol. The predicted octanol–water partition coefficient (Wildman–Crippen LogP) is 3.06. The normalized spacial score (nSPS) is 14.0. The van der Waals surface area contributed by atoms with Crippen molar-refractivity contribution in [3.05, 3.63) is 51.3 Å². The number of fused-ring (bicyclic) bond motifs is 1. The molecule has 1 N–H and O–H groups in total. The third-order valence-electron chi connectivity index (χ3n) is 3.95. The molecule has 1 amide bonds. The molecule has 1 aromatic carbocycles. The van der Waals surface area contributed by atoms with E-state index >= 15 is 0 Å². The molecule has 4 rings (SSSR count). The largest absolute Gasteiger partial charge is 0.352 e. The minimum absolute atomic E-state index is 0.00578. The molecule has 7 heteroatoms. The summed E-state index contributed by atoms with van der Waals surface area (Å²) in [7, 11) is 0. The lowest BCUT2D eigenvalue weighted by Gasteiger charge is -2.07. The van der Waals surface area contributed by atoms with Crippen LogP contribution in [0.15, 0.2) is 40.8 Å². The lowest BCUT2D eigenvalue weighted by molar-refractivity contribution is -0.121. The summed E-state index contributed by atoms with van der Waals surface area (Å²) in [5.74, 6) is -0.149. The van der Waals surface area contributed by atoms with Gasteiger partial charge in [-0.05, 0) is 30.5 Å². The van der Waals surface area contributed by atoms with Crippen molar-refractivity contribution in [1.82, 2.24) is 14.9 Å². The number of thiophene rings is 1. The van der Waals surface area contributed by atoms with Gasteiger partial charge in [0, 0.05) is 21.3 Å². The van der Waals surface area contributed by atoms with E-state index in [2.05, 4.69) is 10.3 Å². The SMILES string of the molecule is O=C(Cn1cnc2csc(-c3ccc(Cl)cc3)c2c1=O)NC1CC1. The van der Waals surface area contributed by atoms with Gasteiger partial charge in [-0.3, -0.25) is 14.2 Å². The summed E-state index contributed by atoms with van der Waals surface area (Å²) in [6.07, 6.45) is 3.47. The highest BCUT2D eigenvalue weighted by Gasteiger charge is 2.23. The van der Waals surface area contributed by atoms with Crippen molar-refractivity contribution >= 4 is 39.7 Å². The summed E-state index contributed by atoms with van der Waals surface area (Å²) in [5.41, 5.74) is 1.37. The van der Waals surface area contributed by atoms with Crippen molar-refractivity contribution in [2.45, 2.75) is 25.4 Å². The van der Waals surface area contributed by atoms with Gasteiger partial charge in [0.2, 0.25) is 5.91 Å². The van der Waals surface area contributed by atoms with Gasteiger partial charge in [0.1, 0.15) is 6.54 Å². The molecule has 1 aliphatic rings. The fourth-order valence-electron chi connectivity index (χ4n) is 2.56. The molecule has 1 fully saturated rings. The molecular weight excluding hydrogens is 346 g/mol. The monoisotopic (exact) mass is 359 g/mol. The number of nitrogens with zero attached hydrogens (tertiary/aromatic N) is 2. The van der Waals surface area contributed by atoms with Crippen molar-refractivity contribution in [3.8, 4) is 10.4 Å². The van der Waals surface area contributed by atoms with Crippen LogP contribution < -0.4 is 10.9 Å². The maximum absolute atomic E-state index is 12.8. The number of carbonyl (C=O) groups excluding carboxylic acids is 1. The molecule has 24 heavy (non-hydrogen) atoms. The van der Waals surface area contributed by atoms with Gasteiger partial charge in [-0.15, -0.1) is 11.3 Å². The number of halogens is 1. The van der Waals surface area contributed by atoms with Crippen molar-refractivity contribution in [2.24, 2.45) is 0 Å². The number of aromatic nitrogens is 2.